The van der Waals surface area contributed by atoms with E-state index in [1.165, 1.54) is 82.6 Å². The first kappa shape index (κ1) is 74.1. The molecule has 34 nitrogen and oxygen atoms in total. The normalized spacial score (nSPS) is 14.2. The number of benzene rings is 3. The van der Waals surface area contributed by atoms with Crippen molar-refractivity contribution < 1.29 is 76.8 Å². The average molecular weight is 1360 g/mol. The number of carbonyl (C=O) groups is 8. The Morgan fingerprint density at radius 2 is 0.844 bits per heavy atom. The molecular formula is C61H74ClN15O19. The van der Waals surface area contributed by atoms with Gasteiger partial charge in [-0.3, -0.25) is 54.5 Å². The van der Waals surface area contributed by atoms with Gasteiger partial charge in [0, 0.05) is 76.3 Å². The molecule has 514 valence electrons. The molecule has 0 saturated carbocycles. The number of halogens is 1. The second-order valence-corrected chi connectivity index (χ2v) is 25.1. The fraction of sp³-hybridized carbons (Fsp3) is 0.426. The van der Waals surface area contributed by atoms with E-state index in [-0.39, 0.29) is 84.1 Å². The number of carbonyl (C=O) groups excluding carboxylic acids is 8. The van der Waals surface area contributed by atoms with Gasteiger partial charge in [0.15, 0.2) is 17.5 Å². The molecule has 4 amide bonds. The highest BCUT2D eigenvalue weighted by molar-refractivity contribution is 6.67. The lowest BCUT2D eigenvalue weighted by Gasteiger charge is -2.34. The van der Waals surface area contributed by atoms with E-state index >= 15 is 0 Å². The minimum Gasteiger partial charge on any atom is -0.448 e. The standard InChI is InChI=1S/C22H27N5O7.C17H19N5O5.C15H24N4O4.C7H4ClNO3/c1-7-33-20(30)26-16-15(12-25(22(16,5)6)19(29)34-21(2,3)4)17(24-26)23-18(28)13-8-10-14(11-9-13)27(31)32;1-4-27-16(24)21-13-12(9-18-17(13,2)3)14(20-21)19-15(23)10-5-7-11(8-6-10)22(25)26;1-7-22-13(21)19-10-9(11(16)17-19)8-18(15(10,5)6)12(20)23-14(2,3)4;8-7(10)5-1-3-6(4-2-5)9(11)12/h8-11H,7,12H2,1-6H3,(H,23,24,28);5-8,18H,4,9H2,1-3H3,(H,19,20,23);7-8H2,1-6H3,(H2,16,17);1-4H. The number of amides is 4. The quantitative estimate of drug-likeness (QED) is 0.0405. The molecule has 96 heavy (non-hydrogen) atoms. The van der Waals surface area contributed by atoms with Crippen molar-refractivity contribution in [1.29, 1.82) is 0 Å². The molecule has 0 aliphatic carbocycles. The Morgan fingerprint density at radius 1 is 0.521 bits per heavy atom. The molecule has 9 rings (SSSR count). The van der Waals surface area contributed by atoms with Crippen molar-refractivity contribution in [3.05, 3.63) is 154 Å². The first-order valence-electron chi connectivity index (χ1n) is 29.6. The molecule has 0 bridgehead atoms. The first-order valence-corrected chi connectivity index (χ1v) is 29.9. The van der Waals surface area contributed by atoms with E-state index < -0.39 is 90.1 Å². The van der Waals surface area contributed by atoms with Crippen LogP contribution in [0.2, 0.25) is 0 Å². The van der Waals surface area contributed by atoms with Gasteiger partial charge in [-0.25, -0.2) is 24.0 Å². The molecule has 5 N–H and O–H groups in total. The van der Waals surface area contributed by atoms with Crippen LogP contribution < -0.4 is 21.7 Å². The summed E-state index contributed by atoms with van der Waals surface area (Å²) in [6.45, 7) is 27.9. The van der Waals surface area contributed by atoms with E-state index in [1.54, 1.807) is 76.2 Å². The molecule has 0 unspecified atom stereocenters. The van der Waals surface area contributed by atoms with Crippen LogP contribution in [0.5, 0.6) is 0 Å². The van der Waals surface area contributed by atoms with E-state index in [1.807, 2.05) is 27.7 Å². The fourth-order valence-corrected chi connectivity index (χ4v) is 10.1. The van der Waals surface area contributed by atoms with Crippen LogP contribution in [-0.4, -0.2) is 132 Å². The maximum Gasteiger partial charge on any atom is 0.435 e. The highest BCUT2D eigenvalue weighted by atomic mass is 35.5. The van der Waals surface area contributed by atoms with Crippen molar-refractivity contribution in [2.24, 2.45) is 0 Å². The zero-order valence-corrected chi connectivity index (χ0v) is 56.1. The average Bonchev–Trinajstić information content (AvgIpc) is 1.58. The van der Waals surface area contributed by atoms with Gasteiger partial charge >= 0.3 is 30.5 Å². The maximum atomic E-state index is 12.9. The fourth-order valence-electron chi connectivity index (χ4n) is 10.0. The zero-order valence-electron chi connectivity index (χ0n) is 55.3. The molecule has 3 aliphatic heterocycles. The molecule has 6 heterocycles. The third kappa shape index (κ3) is 16.9. The van der Waals surface area contributed by atoms with Crippen molar-refractivity contribution >= 4 is 93.6 Å². The van der Waals surface area contributed by atoms with Gasteiger partial charge in [0.1, 0.15) is 11.2 Å². The van der Waals surface area contributed by atoms with E-state index in [0.717, 1.165) is 14.0 Å². The lowest BCUT2D eigenvalue weighted by Crippen LogP contribution is -2.44. The van der Waals surface area contributed by atoms with Crippen molar-refractivity contribution in [2.75, 3.05) is 36.2 Å². The van der Waals surface area contributed by atoms with Crippen LogP contribution in [0.25, 0.3) is 0 Å². The summed E-state index contributed by atoms with van der Waals surface area (Å²) in [5.41, 5.74) is 5.95. The van der Waals surface area contributed by atoms with Crippen LogP contribution >= 0.6 is 11.6 Å². The van der Waals surface area contributed by atoms with Crippen LogP contribution in [0.15, 0.2) is 72.8 Å². The lowest BCUT2D eigenvalue weighted by atomic mass is 10.0. The molecule has 3 aromatic carbocycles. The summed E-state index contributed by atoms with van der Waals surface area (Å²) in [7, 11) is 0. The number of nitrogens with one attached hydrogen (secondary N) is 3. The molecule has 0 saturated heterocycles. The number of non-ortho nitro benzene ring substituents is 3. The number of hydrogen-bond acceptors (Lipinski definition) is 24. The second kappa shape index (κ2) is 29.2. The first-order chi connectivity index (χ1) is 44.6. The van der Waals surface area contributed by atoms with Crippen molar-refractivity contribution in [2.45, 2.75) is 151 Å². The Bertz CT molecular complexity index is 3980. The Labute approximate surface area is 554 Å². The van der Waals surface area contributed by atoms with E-state index in [9.17, 15) is 68.7 Å². The molecule has 3 aromatic heterocycles. The molecule has 0 spiro atoms. The third-order valence-electron chi connectivity index (χ3n) is 14.4. The number of hydrogen-bond donors (Lipinski definition) is 4. The van der Waals surface area contributed by atoms with Gasteiger partial charge in [-0.05, 0) is 152 Å². The Morgan fingerprint density at radius 3 is 1.19 bits per heavy atom. The van der Waals surface area contributed by atoms with Crippen LogP contribution in [-0.2, 0) is 59.9 Å². The Balaban J connectivity index is 0.000000212. The number of nitrogens with two attached hydrogens (primary N) is 1. The zero-order chi connectivity index (χ0) is 71.9. The predicted molar refractivity (Wildman–Crippen MR) is 343 cm³/mol. The van der Waals surface area contributed by atoms with Gasteiger partial charge < -0.3 is 45.4 Å². The number of nitro benzene ring substituents is 3. The molecule has 35 heteroatoms. The summed E-state index contributed by atoms with van der Waals surface area (Å²) >= 11 is 5.13. The van der Waals surface area contributed by atoms with Crippen molar-refractivity contribution in [3.63, 3.8) is 0 Å². The van der Waals surface area contributed by atoms with Gasteiger partial charge in [-0.2, -0.15) is 14.0 Å². The Hall–Kier alpha value is -10.9. The minimum absolute atomic E-state index is 0.0343. The van der Waals surface area contributed by atoms with Gasteiger partial charge in [-0.1, -0.05) is 0 Å². The van der Waals surface area contributed by atoms with Gasteiger partial charge in [0.2, 0.25) is 0 Å². The van der Waals surface area contributed by atoms with Crippen molar-refractivity contribution in [1.82, 2.24) is 44.5 Å². The van der Waals surface area contributed by atoms with Gasteiger partial charge in [0.05, 0.1) is 81.4 Å². The number of ether oxygens (including phenoxy) is 5. The van der Waals surface area contributed by atoms with Gasteiger partial charge in [-0.15, -0.1) is 15.3 Å². The maximum absolute atomic E-state index is 12.9. The third-order valence-corrected chi connectivity index (χ3v) is 14.6. The van der Waals surface area contributed by atoms with Gasteiger partial charge in [0.25, 0.3) is 34.1 Å². The van der Waals surface area contributed by atoms with Crippen molar-refractivity contribution in [3.8, 4) is 0 Å². The van der Waals surface area contributed by atoms with Crippen LogP contribution in [0.1, 0.15) is 169 Å². The summed E-state index contributed by atoms with van der Waals surface area (Å²) in [5.74, 6) is -0.525. The summed E-state index contributed by atoms with van der Waals surface area (Å²) in [5, 5.41) is 52.2. The topological polar surface area (TPSA) is 434 Å². The molecule has 3 aliphatic rings. The summed E-state index contributed by atoms with van der Waals surface area (Å²) in [6, 6.07) is 15.4. The largest absolute Gasteiger partial charge is 0.448 e. The highest BCUT2D eigenvalue weighted by Crippen LogP contribution is 2.44. The minimum atomic E-state index is -1.01. The highest BCUT2D eigenvalue weighted by Gasteiger charge is 2.50. The van der Waals surface area contributed by atoms with E-state index in [2.05, 4.69) is 31.2 Å². The summed E-state index contributed by atoms with van der Waals surface area (Å²) in [4.78, 5) is 131. The molecular weight excluding hydrogens is 1280 g/mol. The number of fused-ring (bicyclic) bond motifs is 3. The monoisotopic (exact) mass is 1360 g/mol. The van der Waals surface area contributed by atoms with E-state index in [0.29, 0.717) is 40.3 Å². The number of rotatable bonds is 11. The second-order valence-electron chi connectivity index (χ2n) is 24.7. The molecule has 0 atom stereocenters. The Kier molecular flexibility index (Phi) is 22.5. The number of nitrogens with zero attached hydrogens (tertiary/aromatic N) is 11. The van der Waals surface area contributed by atoms with Crippen LogP contribution in [0, 0.1) is 30.3 Å². The lowest BCUT2D eigenvalue weighted by molar-refractivity contribution is -0.385. The molecule has 0 radical (unpaired) electrons. The predicted octanol–water partition coefficient (Wildman–Crippen LogP) is 10.8. The van der Waals surface area contributed by atoms with Crippen LogP contribution in [0.4, 0.5) is 58.5 Å². The number of nitro groups is 3. The number of anilines is 3. The van der Waals surface area contributed by atoms with E-state index in [4.69, 9.17) is 41.0 Å². The SMILES string of the molecule is CCOC(=O)n1nc(N)c2c1C(C)(C)N(C(=O)OC(C)(C)C)C2.CCOC(=O)n1nc(NC(=O)c2ccc([N+](=O)[O-])cc2)c2c1C(C)(C)N(C(=O)OC(C)(C)C)C2.CCOC(=O)n1nc(NC(=O)c2ccc([N+](=O)[O-])cc2)c2c1C(C)(C)NC2.O=C(Cl)c1ccc([N+](=O)[O-])cc1. The number of nitrogen functional groups attached to an aromatic ring is 1. The summed E-state index contributed by atoms with van der Waals surface area (Å²) in [6.07, 6.45) is -3.04. The van der Waals surface area contributed by atoms with Crippen LogP contribution in [0.3, 0.4) is 0 Å². The molecule has 6 aromatic rings. The summed E-state index contributed by atoms with van der Waals surface area (Å²) < 4.78 is 29.5. The smallest absolute Gasteiger partial charge is 0.435 e. The molecule has 0 fully saturated rings. The number of aromatic nitrogens is 6.